The van der Waals surface area contributed by atoms with E-state index in [0.717, 1.165) is 0 Å². The highest BCUT2D eigenvalue weighted by Crippen LogP contribution is 2.43. The van der Waals surface area contributed by atoms with Crippen LogP contribution in [0.2, 0.25) is 0 Å². The van der Waals surface area contributed by atoms with Crippen LogP contribution < -0.4 is 0 Å². The molecule has 1 N–H and O–H groups in total. The first-order chi connectivity index (χ1) is 7.63. The second kappa shape index (κ2) is 9.76. The summed E-state index contributed by atoms with van der Waals surface area (Å²) in [6.07, 6.45) is 0.446. The van der Waals surface area contributed by atoms with E-state index >= 15 is 0 Å². The van der Waals surface area contributed by atoms with E-state index in [1.807, 2.05) is 0 Å². The Kier molecular flexibility index (Phi) is 9.49. The van der Waals surface area contributed by atoms with Gasteiger partial charge in [0.1, 0.15) is 0 Å². The van der Waals surface area contributed by atoms with Crippen LogP contribution in [0.15, 0.2) is 0 Å². The SMILES string of the molecule is CCC(=O)OS[SH](OCCO)OC(=O)CC. The zero-order valence-electron chi connectivity index (χ0n) is 9.17. The summed E-state index contributed by atoms with van der Waals surface area (Å²) in [5.74, 6) is -0.859. The minimum absolute atomic E-state index is 0.0272. The number of hydrogen-bond acceptors (Lipinski definition) is 7. The van der Waals surface area contributed by atoms with Crippen molar-refractivity contribution in [3.63, 3.8) is 0 Å². The summed E-state index contributed by atoms with van der Waals surface area (Å²) in [5.41, 5.74) is 0. The van der Waals surface area contributed by atoms with Crippen LogP contribution in [0.1, 0.15) is 26.7 Å². The summed E-state index contributed by atoms with van der Waals surface area (Å²) in [6, 6.07) is 0. The molecule has 1 unspecified atom stereocenters. The van der Waals surface area contributed by atoms with Crippen molar-refractivity contribution in [3.05, 3.63) is 0 Å². The molecule has 0 aromatic heterocycles. The molecular formula is C8H16O6S2. The molecule has 16 heavy (non-hydrogen) atoms. The highest BCUT2D eigenvalue weighted by atomic mass is 33.2. The maximum Gasteiger partial charge on any atom is 0.328 e. The van der Waals surface area contributed by atoms with Crippen molar-refractivity contribution in [2.75, 3.05) is 13.2 Å². The first-order valence-corrected chi connectivity index (χ1v) is 7.28. The summed E-state index contributed by atoms with van der Waals surface area (Å²) in [5, 5.41) is 8.56. The molecule has 6 nitrogen and oxygen atoms in total. The average molecular weight is 272 g/mol. The van der Waals surface area contributed by atoms with Gasteiger partial charge in [0.05, 0.1) is 13.2 Å². The van der Waals surface area contributed by atoms with E-state index in [0.29, 0.717) is 11.1 Å². The Bertz CT molecular complexity index is 223. The first-order valence-electron chi connectivity index (χ1n) is 4.76. The minimum atomic E-state index is -1.69. The maximum atomic E-state index is 11.0. The van der Waals surface area contributed by atoms with E-state index in [4.69, 9.17) is 17.7 Å². The molecule has 0 fully saturated rings. The van der Waals surface area contributed by atoms with Crippen molar-refractivity contribution in [1.82, 2.24) is 0 Å². The van der Waals surface area contributed by atoms with Crippen molar-refractivity contribution in [2.24, 2.45) is 0 Å². The van der Waals surface area contributed by atoms with E-state index in [1.54, 1.807) is 13.8 Å². The molecule has 8 heteroatoms. The summed E-state index contributed by atoms with van der Waals surface area (Å²) in [7, 11) is -1.69. The third-order valence-corrected chi connectivity index (χ3v) is 3.49. The van der Waals surface area contributed by atoms with Crippen LogP contribution in [0.3, 0.4) is 0 Å². The lowest BCUT2D eigenvalue weighted by molar-refractivity contribution is -0.134. The molecule has 0 aliphatic carbocycles. The molecule has 0 saturated heterocycles. The van der Waals surface area contributed by atoms with Gasteiger partial charge in [-0.3, -0.25) is 13.8 Å². The predicted molar refractivity (Wildman–Crippen MR) is 62.4 cm³/mol. The van der Waals surface area contributed by atoms with Gasteiger partial charge in [0.25, 0.3) is 0 Å². The Morgan fingerprint density at radius 3 is 2.38 bits per heavy atom. The van der Waals surface area contributed by atoms with Gasteiger partial charge in [0.15, 0.2) is 11.1 Å². The molecule has 0 spiro atoms. The number of hydrogen-bond donors (Lipinski definition) is 2. The highest BCUT2D eigenvalue weighted by molar-refractivity contribution is 8.79. The van der Waals surface area contributed by atoms with Gasteiger partial charge >= 0.3 is 11.9 Å². The van der Waals surface area contributed by atoms with E-state index in [1.165, 1.54) is 0 Å². The number of carbonyl (C=O) groups is 2. The number of rotatable bonds is 8. The third-order valence-electron chi connectivity index (χ3n) is 1.23. The van der Waals surface area contributed by atoms with Gasteiger partial charge in [-0.05, 0) is 0 Å². The molecule has 0 aliphatic heterocycles. The third kappa shape index (κ3) is 7.80. The van der Waals surface area contributed by atoms with Crippen LogP contribution in [-0.2, 0) is 22.1 Å². The van der Waals surface area contributed by atoms with Crippen LogP contribution in [0.4, 0.5) is 0 Å². The van der Waals surface area contributed by atoms with Crippen molar-refractivity contribution < 1.29 is 27.2 Å². The van der Waals surface area contributed by atoms with E-state index in [2.05, 4.69) is 0 Å². The zero-order chi connectivity index (χ0) is 12.4. The number of thiol groups is 1. The molecule has 0 aliphatic rings. The van der Waals surface area contributed by atoms with Crippen LogP contribution in [0.5, 0.6) is 0 Å². The van der Waals surface area contributed by atoms with Gasteiger partial charge in [-0.25, -0.2) is 0 Å². The summed E-state index contributed by atoms with van der Waals surface area (Å²) >= 11 is 0.677. The van der Waals surface area contributed by atoms with Gasteiger partial charge in [0, 0.05) is 12.8 Å². The molecule has 0 radical (unpaired) electrons. The zero-order valence-corrected chi connectivity index (χ0v) is 10.9. The normalized spacial score (nSPS) is 13.1. The second-order valence-electron chi connectivity index (χ2n) is 2.48. The molecule has 96 valence electrons. The van der Waals surface area contributed by atoms with Crippen molar-refractivity contribution in [1.29, 1.82) is 0 Å². The van der Waals surface area contributed by atoms with Gasteiger partial charge in [0.2, 0.25) is 0 Å². The second-order valence-corrected chi connectivity index (χ2v) is 5.03. The number of aliphatic hydroxyl groups is 1. The van der Waals surface area contributed by atoms with Crippen LogP contribution in [-0.4, -0.2) is 30.3 Å². The minimum Gasteiger partial charge on any atom is -0.394 e. The van der Waals surface area contributed by atoms with Gasteiger partial charge in [-0.2, -0.15) is 0 Å². The number of aliphatic hydroxyl groups excluding tert-OH is 1. The molecule has 0 aromatic carbocycles. The van der Waals surface area contributed by atoms with E-state index in [-0.39, 0.29) is 26.1 Å². The molecule has 0 bridgehead atoms. The average Bonchev–Trinajstić information content (AvgIpc) is 2.31. The molecule has 0 aromatic rings. The van der Waals surface area contributed by atoms with Gasteiger partial charge in [-0.1, -0.05) is 24.3 Å². The maximum absolute atomic E-state index is 11.0. The summed E-state index contributed by atoms with van der Waals surface area (Å²) in [6.45, 7) is 3.13. The molecule has 0 rings (SSSR count). The van der Waals surface area contributed by atoms with Crippen molar-refractivity contribution in [2.45, 2.75) is 26.7 Å². The number of carbonyl (C=O) groups excluding carboxylic acids is 2. The van der Waals surface area contributed by atoms with E-state index < -0.39 is 22.4 Å². The Morgan fingerprint density at radius 1 is 1.25 bits per heavy atom. The van der Waals surface area contributed by atoms with Crippen LogP contribution >= 0.6 is 21.6 Å². The van der Waals surface area contributed by atoms with E-state index in [9.17, 15) is 9.59 Å². The molecule has 1 atom stereocenters. The fraction of sp³-hybridized carbons (Fsp3) is 0.750. The smallest absolute Gasteiger partial charge is 0.328 e. The Morgan fingerprint density at radius 2 is 1.88 bits per heavy atom. The Balaban J connectivity index is 3.98. The fourth-order valence-corrected chi connectivity index (χ4v) is 2.50. The monoisotopic (exact) mass is 272 g/mol. The molecule has 0 saturated carbocycles. The van der Waals surface area contributed by atoms with Crippen LogP contribution in [0.25, 0.3) is 0 Å². The first kappa shape index (κ1) is 15.6. The van der Waals surface area contributed by atoms with Gasteiger partial charge in [-0.15, -0.1) is 0 Å². The predicted octanol–water partition coefficient (Wildman–Crippen LogP) is 1.30. The Hall–Kier alpha value is -0.440. The summed E-state index contributed by atoms with van der Waals surface area (Å²) in [4.78, 5) is 21.9. The lowest BCUT2D eigenvalue weighted by Gasteiger charge is -2.21. The van der Waals surface area contributed by atoms with Crippen molar-refractivity contribution in [3.8, 4) is 0 Å². The molecular weight excluding hydrogens is 256 g/mol. The molecule has 0 heterocycles. The standard InChI is InChI=1S/C8H16O6S2/c1-3-7(10)13-15-16(12-6-5-9)14-8(11)4-2/h9,16H,3-6H2,1-2H3. The fourth-order valence-electron chi connectivity index (χ4n) is 0.457. The lowest BCUT2D eigenvalue weighted by atomic mass is 10.5. The Labute approximate surface area is 101 Å². The summed E-state index contributed by atoms with van der Waals surface area (Å²) < 4.78 is 14.6. The topological polar surface area (TPSA) is 82.1 Å². The molecule has 0 amide bonds. The lowest BCUT2D eigenvalue weighted by Crippen LogP contribution is -2.05. The van der Waals surface area contributed by atoms with Gasteiger partial charge < -0.3 is 13.5 Å². The highest BCUT2D eigenvalue weighted by Gasteiger charge is 2.11. The van der Waals surface area contributed by atoms with Crippen LogP contribution in [0, 0.1) is 0 Å². The quantitative estimate of drug-likeness (QED) is 0.391. The largest absolute Gasteiger partial charge is 0.394 e. The van der Waals surface area contributed by atoms with Crippen molar-refractivity contribution >= 4 is 33.5 Å².